The summed E-state index contributed by atoms with van der Waals surface area (Å²) >= 11 is 1.08. The van der Waals surface area contributed by atoms with Crippen molar-refractivity contribution in [1.82, 2.24) is 4.98 Å². The minimum Gasteiger partial charge on any atom is -0.544 e. The molecule has 0 N–H and O–H groups in total. The number of hydrogen-bond acceptors (Lipinski definition) is 4. The van der Waals surface area contributed by atoms with Crippen LogP contribution in [0.3, 0.4) is 0 Å². The molecule has 0 saturated heterocycles. The molecule has 0 aromatic carbocycles. The van der Waals surface area contributed by atoms with Crippen LogP contribution in [-0.4, -0.2) is 11.0 Å². The highest BCUT2D eigenvalue weighted by Gasteiger charge is 1.99. The van der Waals surface area contributed by atoms with Crippen LogP contribution < -0.4 is 5.11 Å². The number of aryl methyl sites for hydroxylation is 1. The van der Waals surface area contributed by atoms with Gasteiger partial charge in [0.25, 0.3) is 0 Å². The van der Waals surface area contributed by atoms with E-state index in [0.29, 0.717) is 5.69 Å². The topological polar surface area (TPSA) is 53.0 Å². The van der Waals surface area contributed by atoms with E-state index >= 15 is 0 Å². The van der Waals surface area contributed by atoms with Gasteiger partial charge in [0.2, 0.25) is 0 Å². The Hall–Kier alpha value is -0.900. The summed E-state index contributed by atoms with van der Waals surface area (Å²) in [7, 11) is 0. The summed E-state index contributed by atoms with van der Waals surface area (Å²) in [4.78, 5) is 14.1. The zero-order chi connectivity index (χ0) is 6.85. The van der Waals surface area contributed by atoms with Gasteiger partial charge in [-0.15, -0.1) is 11.3 Å². The summed E-state index contributed by atoms with van der Waals surface area (Å²) in [5.74, 6) is -1.14. The number of hydrogen-bond donors (Lipinski definition) is 0. The molecule has 0 unspecified atom stereocenters. The quantitative estimate of drug-likeness (QED) is 0.546. The molecule has 0 amide bonds. The second kappa shape index (κ2) is 2.14. The van der Waals surface area contributed by atoms with Gasteiger partial charge in [0.1, 0.15) is 0 Å². The Labute approximate surface area is 56.0 Å². The SMILES string of the molecule is Cc1ncsc1C(=O)[O-]. The van der Waals surface area contributed by atoms with E-state index in [4.69, 9.17) is 0 Å². The van der Waals surface area contributed by atoms with Gasteiger partial charge in [-0.1, -0.05) is 0 Å². The van der Waals surface area contributed by atoms with Crippen LogP contribution in [0.4, 0.5) is 0 Å². The maximum atomic E-state index is 10.1. The van der Waals surface area contributed by atoms with E-state index < -0.39 is 5.97 Å². The Balaban J connectivity index is 3.08. The highest BCUT2D eigenvalue weighted by molar-refractivity contribution is 7.11. The number of thiazole rings is 1. The molecule has 1 heterocycles. The molecule has 0 fully saturated rings. The predicted molar refractivity (Wildman–Crippen MR) is 31.2 cm³/mol. The van der Waals surface area contributed by atoms with E-state index in [9.17, 15) is 9.90 Å². The lowest BCUT2D eigenvalue weighted by Crippen LogP contribution is -2.21. The second-order valence-corrected chi connectivity index (χ2v) is 2.41. The molecule has 9 heavy (non-hydrogen) atoms. The van der Waals surface area contributed by atoms with Crippen molar-refractivity contribution < 1.29 is 9.90 Å². The predicted octanol–water partition coefficient (Wildman–Crippen LogP) is -0.185. The minimum absolute atomic E-state index is 0.218. The first-order chi connectivity index (χ1) is 4.22. The number of aromatic nitrogens is 1. The van der Waals surface area contributed by atoms with Crippen molar-refractivity contribution in [1.29, 1.82) is 0 Å². The maximum Gasteiger partial charge on any atom is 0.0834 e. The van der Waals surface area contributed by atoms with Gasteiger partial charge < -0.3 is 9.90 Å². The Kier molecular flexibility index (Phi) is 1.48. The summed E-state index contributed by atoms with van der Waals surface area (Å²) in [6.45, 7) is 1.64. The molecule has 1 aromatic heterocycles. The van der Waals surface area contributed by atoms with Gasteiger partial charge in [-0.05, 0) is 6.92 Å². The molecule has 0 aliphatic heterocycles. The molecule has 0 spiro atoms. The normalized spacial score (nSPS) is 9.44. The molecule has 0 saturated carbocycles. The highest BCUT2D eigenvalue weighted by Crippen LogP contribution is 2.09. The molecule has 4 heteroatoms. The zero-order valence-electron chi connectivity index (χ0n) is 4.75. The molecule has 1 aromatic rings. The number of carbonyl (C=O) groups is 1. The van der Waals surface area contributed by atoms with Crippen molar-refractivity contribution in [2.45, 2.75) is 6.92 Å². The van der Waals surface area contributed by atoms with Crippen LogP contribution in [0.1, 0.15) is 15.4 Å². The smallest absolute Gasteiger partial charge is 0.0834 e. The summed E-state index contributed by atoms with van der Waals surface area (Å²) in [5, 5.41) is 10.1. The molecule has 0 aliphatic rings. The van der Waals surface area contributed by atoms with Crippen LogP contribution in [0, 0.1) is 6.92 Å². The van der Waals surface area contributed by atoms with Gasteiger partial charge in [-0.3, -0.25) is 0 Å². The van der Waals surface area contributed by atoms with E-state index in [0.717, 1.165) is 11.3 Å². The van der Waals surface area contributed by atoms with E-state index in [1.165, 1.54) is 5.51 Å². The molecule has 0 radical (unpaired) electrons. The van der Waals surface area contributed by atoms with Crippen LogP contribution in [0.25, 0.3) is 0 Å². The van der Waals surface area contributed by atoms with E-state index in [-0.39, 0.29) is 4.88 Å². The Morgan fingerprint density at radius 1 is 1.89 bits per heavy atom. The molecule has 0 bridgehead atoms. The number of carboxylic acids is 1. The third kappa shape index (κ3) is 1.08. The zero-order valence-corrected chi connectivity index (χ0v) is 5.57. The van der Waals surface area contributed by atoms with Crippen molar-refractivity contribution in [3.8, 4) is 0 Å². The fourth-order valence-electron chi connectivity index (χ4n) is 0.498. The standard InChI is InChI=1S/C5H5NO2S/c1-3-4(5(7)8)9-2-6-3/h2H,1H3,(H,7,8)/p-1. The largest absolute Gasteiger partial charge is 0.544 e. The average molecular weight is 142 g/mol. The van der Waals surface area contributed by atoms with Crippen molar-refractivity contribution in [2.75, 3.05) is 0 Å². The fraction of sp³-hybridized carbons (Fsp3) is 0.200. The Morgan fingerprint density at radius 2 is 2.56 bits per heavy atom. The van der Waals surface area contributed by atoms with Gasteiger partial charge in [0.15, 0.2) is 0 Å². The molecular formula is C5H4NO2S-. The molecule has 48 valence electrons. The third-order valence-electron chi connectivity index (χ3n) is 0.931. The van der Waals surface area contributed by atoms with E-state index in [2.05, 4.69) is 4.98 Å². The average Bonchev–Trinajstić information content (AvgIpc) is 2.13. The highest BCUT2D eigenvalue weighted by atomic mass is 32.1. The maximum absolute atomic E-state index is 10.1. The number of carboxylic acid groups (broad SMARTS) is 1. The third-order valence-corrected chi connectivity index (χ3v) is 1.84. The van der Waals surface area contributed by atoms with Crippen LogP contribution in [0.5, 0.6) is 0 Å². The van der Waals surface area contributed by atoms with Gasteiger partial charge in [-0.2, -0.15) is 0 Å². The van der Waals surface area contributed by atoms with Gasteiger partial charge >= 0.3 is 0 Å². The van der Waals surface area contributed by atoms with Crippen molar-refractivity contribution in [2.24, 2.45) is 0 Å². The number of aromatic carboxylic acids is 1. The lowest BCUT2D eigenvalue weighted by Gasteiger charge is -1.95. The van der Waals surface area contributed by atoms with Crippen LogP contribution in [0.2, 0.25) is 0 Å². The first-order valence-corrected chi connectivity index (χ1v) is 3.21. The van der Waals surface area contributed by atoms with Crippen molar-refractivity contribution >= 4 is 17.3 Å². The lowest BCUT2D eigenvalue weighted by atomic mass is 10.4. The van der Waals surface area contributed by atoms with E-state index in [1.54, 1.807) is 6.92 Å². The monoisotopic (exact) mass is 142 g/mol. The van der Waals surface area contributed by atoms with E-state index in [1.807, 2.05) is 0 Å². The molecular weight excluding hydrogens is 138 g/mol. The summed E-state index contributed by atoms with van der Waals surface area (Å²) in [6.07, 6.45) is 0. The minimum atomic E-state index is -1.14. The Morgan fingerprint density at radius 3 is 2.78 bits per heavy atom. The van der Waals surface area contributed by atoms with Gasteiger partial charge in [0, 0.05) is 0 Å². The van der Waals surface area contributed by atoms with Crippen LogP contribution in [-0.2, 0) is 0 Å². The summed E-state index contributed by atoms with van der Waals surface area (Å²) in [6, 6.07) is 0. The van der Waals surface area contributed by atoms with Crippen LogP contribution >= 0.6 is 11.3 Å². The van der Waals surface area contributed by atoms with Crippen molar-refractivity contribution in [3.63, 3.8) is 0 Å². The summed E-state index contributed by atoms with van der Waals surface area (Å²) < 4.78 is 0. The van der Waals surface area contributed by atoms with Crippen LogP contribution in [0.15, 0.2) is 5.51 Å². The first kappa shape index (κ1) is 6.22. The second-order valence-electron chi connectivity index (χ2n) is 1.55. The van der Waals surface area contributed by atoms with Crippen molar-refractivity contribution in [3.05, 3.63) is 16.1 Å². The Bertz CT molecular complexity index is 231. The van der Waals surface area contributed by atoms with Gasteiger partial charge in [0.05, 0.1) is 22.1 Å². The molecule has 0 atom stereocenters. The lowest BCUT2D eigenvalue weighted by molar-refractivity contribution is -0.254. The summed E-state index contributed by atoms with van der Waals surface area (Å²) in [5.41, 5.74) is 2.01. The molecule has 1 rings (SSSR count). The molecule has 3 nitrogen and oxygen atoms in total. The van der Waals surface area contributed by atoms with Gasteiger partial charge in [-0.25, -0.2) is 4.98 Å². The number of carbonyl (C=O) groups excluding carboxylic acids is 1. The number of nitrogens with zero attached hydrogens (tertiary/aromatic N) is 1. The number of rotatable bonds is 1. The fourth-order valence-corrected chi connectivity index (χ4v) is 1.13. The first-order valence-electron chi connectivity index (χ1n) is 2.33. The molecule has 0 aliphatic carbocycles.